The molecule has 3 rings (SSSR count). The number of hydrogen-bond acceptors (Lipinski definition) is 7. The van der Waals surface area contributed by atoms with Crippen LogP contribution in [0.1, 0.15) is 53.5 Å². The van der Waals surface area contributed by atoms with Crippen molar-refractivity contribution in [2.24, 2.45) is 10.5 Å². The molecule has 41 heavy (non-hydrogen) atoms. The SMILES string of the molecule is CC(C)(C)OC(=O)NC(C(=O)N1CC[C@@H](N=[N+]=N)[C@H]1C(=O)NC(Cc1ccc2ccccc2c1)C(=O)O)C(C)(C)C. The minimum absolute atomic E-state index is 0.0159. The Balaban J connectivity index is 1.85. The number of rotatable bonds is 8. The first-order valence-corrected chi connectivity index (χ1v) is 13.5. The Labute approximate surface area is 239 Å². The molecule has 1 aliphatic heterocycles. The van der Waals surface area contributed by atoms with Crippen molar-refractivity contribution in [2.75, 3.05) is 6.54 Å². The normalized spacial score (nSPS) is 18.6. The highest BCUT2D eigenvalue weighted by atomic mass is 16.6. The van der Waals surface area contributed by atoms with Gasteiger partial charge in [0.15, 0.2) is 6.04 Å². The number of nitrogens with zero attached hydrogens (tertiary/aromatic N) is 3. The number of carbonyl (C=O) groups excluding carboxylic acids is 3. The van der Waals surface area contributed by atoms with Gasteiger partial charge in [-0.05, 0) is 48.9 Å². The third-order valence-electron chi connectivity index (χ3n) is 6.77. The van der Waals surface area contributed by atoms with Gasteiger partial charge < -0.3 is 25.4 Å². The number of benzene rings is 2. The van der Waals surface area contributed by atoms with Crippen LogP contribution >= 0.6 is 0 Å². The summed E-state index contributed by atoms with van der Waals surface area (Å²) in [7, 11) is 0. The fraction of sp³-hybridized carbons (Fsp3) is 0.517. The summed E-state index contributed by atoms with van der Waals surface area (Å²) in [5, 5.41) is 20.9. The topological polar surface area (TPSA) is 175 Å². The van der Waals surface area contributed by atoms with Crippen LogP contribution in [0.5, 0.6) is 0 Å². The first-order chi connectivity index (χ1) is 19.1. The molecule has 2 aromatic carbocycles. The molecular formula is C29H39N6O6+. The second kappa shape index (κ2) is 12.5. The average Bonchev–Trinajstić information content (AvgIpc) is 3.28. The van der Waals surface area contributed by atoms with Gasteiger partial charge in [-0.3, -0.25) is 9.59 Å². The van der Waals surface area contributed by atoms with E-state index in [1.54, 1.807) is 41.5 Å². The number of carbonyl (C=O) groups is 4. The number of alkyl carbamates (subject to hydrolysis) is 1. The summed E-state index contributed by atoms with van der Waals surface area (Å²) in [6.07, 6.45) is -0.533. The second-order valence-corrected chi connectivity index (χ2v) is 12.3. The van der Waals surface area contributed by atoms with Crippen molar-refractivity contribution in [1.29, 1.82) is 5.53 Å². The van der Waals surface area contributed by atoms with Crippen molar-refractivity contribution >= 4 is 34.6 Å². The van der Waals surface area contributed by atoms with Crippen molar-refractivity contribution in [3.63, 3.8) is 0 Å². The van der Waals surface area contributed by atoms with E-state index in [9.17, 15) is 24.3 Å². The third kappa shape index (κ3) is 8.11. The average molecular weight is 568 g/mol. The van der Waals surface area contributed by atoms with Crippen LogP contribution in [0.3, 0.4) is 0 Å². The fourth-order valence-corrected chi connectivity index (χ4v) is 4.83. The highest BCUT2D eigenvalue weighted by molar-refractivity contribution is 5.94. The minimum Gasteiger partial charge on any atom is -0.480 e. The van der Waals surface area contributed by atoms with Crippen LogP contribution in [0.15, 0.2) is 47.6 Å². The summed E-state index contributed by atoms with van der Waals surface area (Å²) < 4.78 is 5.35. The van der Waals surface area contributed by atoms with E-state index in [0.717, 1.165) is 10.8 Å². The Kier molecular flexibility index (Phi) is 9.49. The van der Waals surface area contributed by atoms with E-state index in [1.807, 2.05) is 42.5 Å². The molecule has 1 fully saturated rings. The lowest BCUT2D eigenvalue weighted by atomic mass is 9.85. The number of carboxylic acid groups (broad SMARTS) is 1. The first kappa shape index (κ1) is 31.2. The quantitative estimate of drug-likeness (QED) is 0.281. The van der Waals surface area contributed by atoms with Crippen molar-refractivity contribution in [3.05, 3.63) is 48.0 Å². The number of aliphatic carboxylic acids is 1. The zero-order valence-electron chi connectivity index (χ0n) is 24.3. The molecule has 0 aromatic heterocycles. The van der Waals surface area contributed by atoms with Crippen molar-refractivity contribution in [1.82, 2.24) is 20.4 Å². The summed E-state index contributed by atoms with van der Waals surface area (Å²) in [6.45, 7) is 10.5. The number of fused-ring (bicyclic) bond motifs is 1. The number of hydrogen-bond donors (Lipinski definition) is 4. The molecule has 4 atom stereocenters. The first-order valence-electron chi connectivity index (χ1n) is 13.5. The van der Waals surface area contributed by atoms with Gasteiger partial charge in [-0.25, -0.2) is 9.59 Å². The monoisotopic (exact) mass is 567 g/mol. The molecule has 0 aliphatic carbocycles. The maximum Gasteiger partial charge on any atom is 0.408 e. The summed E-state index contributed by atoms with van der Waals surface area (Å²) in [5.74, 6) is -2.51. The van der Waals surface area contributed by atoms with E-state index in [1.165, 1.54) is 4.90 Å². The molecule has 220 valence electrons. The molecule has 0 radical (unpaired) electrons. The highest BCUT2D eigenvalue weighted by Gasteiger charge is 2.49. The van der Waals surface area contributed by atoms with E-state index < -0.39 is 59.1 Å². The number of likely N-dealkylation sites (tertiary alicyclic amines) is 1. The molecular weight excluding hydrogens is 528 g/mol. The van der Waals surface area contributed by atoms with Crippen LogP contribution in [-0.4, -0.2) is 70.2 Å². The number of ether oxygens (including phenoxy) is 1. The second-order valence-electron chi connectivity index (χ2n) is 12.3. The van der Waals surface area contributed by atoms with Crippen molar-refractivity contribution in [2.45, 2.75) is 84.2 Å². The Morgan fingerprint density at radius 2 is 1.73 bits per heavy atom. The lowest BCUT2D eigenvalue weighted by molar-refractivity contribution is -0.145. The molecule has 1 saturated heterocycles. The van der Waals surface area contributed by atoms with Gasteiger partial charge in [0.05, 0.1) is 0 Å². The van der Waals surface area contributed by atoms with E-state index >= 15 is 0 Å². The predicted molar refractivity (Wildman–Crippen MR) is 151 cm³/mol. The van der Waals surface area contributed by atoms with Gasteiger partial charge in [0.2, 0.25) is 16.7 Å². The number of nitrogens with one attached hydrogen (secondary N) is 3. The van der Waals surface area contributed by atoms with Gasteiger partial charge in [-0.1, -0.05) is 63.2 Å². The van der Waals surface area contributed by atoms with E-state index in [2.05, 4.69) is 20.7 Å². The molecule has 2 aromatic rings. The van der Waals surface area contributed by atoms with Crippen molar-refractivity contribution in [3.8, 4) is 0 Å². The number of amides is 3. The highest BCUT2D eigenvalue weighted by Crippen LogP contribution is 2.28. The fourth-order valence-electron chi connectivity index (χ4n) is 4.83. The van der Waals surface area contributed by atoms with Crippen LogP contribution in [0, 0.1) is 10.9 Å². The van der Waals surface area contributed by atoms with Gasteiger partial charge >= 0.3 is 12.1 Å². The smallest absolute Gasteiger partial charge is 0.408 e. The van der Waals surface area contributed by atoms with Crippen LogP contribution < -0.4 is 15.5 Å². The summed E-state index contributed by atoms with van der Waals surface area (Å²) in [6, 6.07) is 8.81. The Bertz CT molecular complexity index is 1360. The Hall–Kier alpha value is -4.31. The summed E-state index contributed by atoms with van der Waals surface area (Å²) >= 11 is 0. The standard InChI is InChI=1S/C29H38N6O6/c1-28(2,3)23(32-27(40)41-29(4,5)6)25(37)35-14-13-20(33-34-30)22(35)24(36)31-21(26(38)39)16-17-11-12-18-9-7-8-10-19(18)15-17/h7-12,15,20-23,30H,13-14,16H2,1-6H3,(H2-,31,32,36,38,39,40)/p+1/t20-,21?,22+,23?/m1/s1. The molecule has 1 heterocycles. The van der Waals surface area contributed by atoms with Crippen LogP contribution in [-0.2, 0) is 25.5 Å². The molecule has 12 nitrogen and oxygen atoms in total. The molecule has 0 saturated carbocycles. The van der Waals surface area contributed by atoms with Gasteiger partial charge in [0.1, 0.15) is 34.4 Å². The molecule has 12 heteroatoms. The lowest BCUT2D eigenvalue weighted by Gasteiger charge is -2.36. The zero-order chi connectivity index (χ0) is 30.5. The van der Waals surface area contributed by atoms with E-state index in [-0.39, 0.29) is 19.4 Å². The summed E-state index contributed by atoms with van der Waals surface area (Å²) in [5.41, 5.74) is 6.38. The lowest BCUT2D eigenvalue weighted by Crippen LogP contribution is -2.60. The largest absolute Gasteiger partial charge is 0.480 e. The molecule has 0 spiro atoms. The molecule has 2 unspecified atom stereocenters. The van der Waals surface area contributed by atoms with Crippen LogP contribution in [0.2, 0.25) is 0 Å². The maximum atomic E-state index is 13.8. The molecule has 1 aliphatic rings. The summed E-state index contributed by atoms with van der Waals surface area (Å²) in [4.78, 5) is 56.6. The minimum atomic E-state index is -1.28. The third-order valence-corrected chi connectivity index (χ3v) is 6.77. The van der Waals surface area contributed by atoms with Crippen molar-refractivity contribution < 1.29 is 29.0 Å². The van der Waals surface area contributed by atoms with E-state index in [0.29, 0.717) is 5.56 Å². The maximum absolute atomic E-state index is 13.8. The van der Waals surface area contributed by atoms with Crippen LogP contribution in [0.4, 0.5) is 4.79 Å². The Morgan fingerprint density at radius 3 is 2.32 bits per heavy atom. The molecule has 3 amide bonds. The van der Waals surface area contributed by atoms with Crippen LogP contribution in [0.25, 0.3) is 10.8 Å². The predicted octanol–water partition coefficient (Wildman–Crippen LogP) is 3.41. The van der Waals surface area contributed by atoms with Gasteiger partial charge in [0.25, 0.3) is 0 Å². The van der Waals surface area contributed by atoms with E-state index in [4.69, 9.17) is 10.3 Å². The zero-order valence-corrected chi connectivity index (χ0v) is 24.3. The van der Waals surface area contributed by atoms with Gasteiger partial charge in [-0.15, -0.1) is 0 Å². The number of carboxylic acids is 1. The molecule has 0 bridgehead atoms. The van der Waals surface area contributed by atoms with Gasteiger partial charge in [0, 0.05) is 13.0 Å². The molecule has 4 N–H and O–H groups in total. The van der Waals surface area contributed by atoms with Gasteiger partial charge in [-0.2, -0.15) is 0 Å². The Morgan fingerprint density at radius 1 is 1.07 bits per heavy atom.